The fourth-order valence-electron chi connectivity index (χ4n) is 1.50. The van der Waals surface area contributed by atoms with Crippen molar-refractivity contribution >= 4 is 40.8 Å². The standard InChI is InChI=1S/C11H12Cl2N2O5.C2H4O2/c12-10(13)11(18)14-8(5-16)9(17)6-1-3-7(4-2-6)15(19)20;1-2(3)4/h1-4,8-10,16-17H,5H2,(H,14,18);1H3,(H,3,4)/t8-,9-;/m1./s1. The van der Waals surface area contributed by atoms with Crippen molar-refractivity contribution in [2.45, 2.75) is 23.9 Å². The minimum atomic E-state index is -1.33. The Balaban J connectivity index is 0.00000118. The maximum absolute atomic E-state index is 11.3. The van der Waals surface area contributed by atoms with Gasteiger partial charge in [-0.2, -0.15) is 0 Å². The zero-order valence-electron chi connectivity index (χ0n) is 12.4. The van der Waals surface area contributed by atoms with Crippen molar-refractivity contribution in [2.24, 2.45) is 0 Å². The quantitative estimate of drug-likeness (QED) is 0.325. The number of nitrogens with zero attached hydrogens (tertiary/aromatic N) is 1. The van der Waals surface area contributed by atoms with Crippen LogP contribution in [0.3, 0.4) is 0 Å². The summed E-state index contributed by atoms with van der Waals surface area (Å²) in [7, 11) is 0. The largest absolute Gasteiger partial charge is 0.481 e. The van der Waals surface area contributed by atoms with Gasteiger partial charge in [0, 0.05) is 19.1 Å². The van der Waals surface area contributed by atoms with Crippen LogP contribution in [-0.2, 0) is 9.59 Å². The van der Waals surface area contributed by atoms with Crippen LogP contribution in [0.4, 0.5) is 5.69 Å². The number of hydrogen-bond donors (Lipinski definition) is 4. The van der Waals surface area contributed by atoms with Gasteiger partial charge < -0.3 is 20.6 Å². The van der Waals surface area contributed by atoms with Gasteiger partial charge >= 0.3 is 0 Å². The Hall–Kier alpha value is -1.94. The maximum Gasteiger partial charge on any atom is 0.300 e. The molecule has 0 heterocycles. The fraction of sp³-hybridized carbons (Fsp3) is 0.385. The van der Waals surface area contributed by atoms with Crippen LogP contribution >= 0.6 is 23.2 Å². The Morgan fingerprint density at radius 1 is 1.29 bits per heavy atom. The lowest BCUT2D eigenvalue weighted by Crippen LogP contribution is -2.44. The van der Waals surface area contributed by atoms with E-state index in [1.807, 2.05) is 0 Å². The van der Waals surface area contributed by atoms with Gasteiger partial charge in [0.1, 0.15) is 6.10 Å². The normalized spacial score (nSPS) is 12.6. The molecule has 0 unspecified atom stereocenters. The molecule has 1 amide bonds. The lowest BCUT2D eigenvalue weighted by molar-refractivity contribution is -0.384. The molecule has 24 heavy (non-hydrogen) atoms. The second-order valence-electron chi connectivity index (χ2n) is 4.41. The number of nitrogens with one attached hydrogen (secondary N) is 1. The molecule has 134 valence electrons. The van der Waals surface area contributed by atoms with Crippen molar-refractivity contribution in [3.05, 3.63) is 39.9 Å². The third-order valence-corrected chi connectivity index (χ3v) is 2.95. The number of non-ortho nitro benzene ring substituents is 1. The average Bonchev–Trinajstić information content (AvgIpc) is 2.51. The molecule has 1 aromatic carbocycles. The first-order valence-electron chi connectivity index (χ1n) is 6.41. The Bertz CT molecular complexity index is 562. The summed E-state index contributed by atoms with van der Waals surface area (Å²) in [5, 5.41) is 39.4. The van der Waals surface area contributed by atoms with Crippen LogP contribution < -0.4 is 5.32 Å². The second-order valence-corrected chi connectivity index (χ2v) is 5.51. The highest BCUT2D eigenvalue weighted by atomic mass is 35.5. The van der Waals surface area contributed by atoms with Gasteiger partial charge in [-0.1, -0.05) is 23.2 Å². The highest BCUT2D eigenvalue weighted by molar-refractivity contribution is 6.53. The number of nitro groups is 1. The van der Waals surface area contributed by atoms with Gasteiger partial charge in [-0.25, -0.2) is 0 Å². The number of aliphatic hydroxyl groups is 2. The second kappa shape index (κ2) is 10.8. The van der Waals surface area contributed by atoms with E-state index in [0.717, 1.165) is 6.92 Å². The van der Waals surface area contributed by atoms with E-state index in [4.69, 9.17) is 38.2 Å². The molecule has 0 aromatic heterocycles. The Morgan fingerprint density at radius 2 is 1.75 bits per heavy atom. The summed E-state index contributed by atoms with van der Waals surface area (Å²) >= 11 is 10.7. The molecule has 1 aromatic rings. The Morgan fingerprint density at radius 3 is 2.08 bits per heavy atom. The molecule has 0 radical (unpaired) electrons. The van der Waals surface area contributed by atoms with Gasteiger partial charge in [-0.3, -0.25) is 19.7 Å². The lowest BCUT2D eigenvalue weighted by atomic mass is 10.0. The number of carbonyl (C=O) groups is 2. The molecule has 0 aliphatic heterocycles. The number of aliphatic carboxylic acids is 1. The topological polar surface area (TPSA) is 150 Å². The summed E-state index contributed by atoms with van der Waals surface area (Å²) in [6.07, 6.45) is -1.25. The molecule has 1 rings (SSSR count). The summed E-state index contributed by atoms with van der Waals surface area (Å²) < 4.78 is 0. The van der Waals surface area contributed by atoms with Crippen molar-refractivity contribution in [2.75, 3.05) is 6.61 Å². The number of hydrogen-bond acceptors (Lipinski definition) is 6. The van der Waals surface area contributed by atoms with Crippen molar-refractivity contribution < 1.29 is 29.8 Å². The number of benzene rings is 1. The van der Waals surface area contributed by atoms with Gasteiger partial charge in [0.05, 0.1) is 17.6 Å². The van der Waals surface area contributed by atoms with E-state index in [0.29, 0.717) is 5.56 Å². The molecule has 9 nitrogen and oxygen atoms in total. The molecule has 0 spiro atoms. The summed E-state index contributed by atoms with van der Waals surface area (Å²) in [5.41, 5.74) is 0.169. The zero-order chi connectivity index (χ0) is 18.9. The van der Waals surface area contributed by atoms with Crippen LogP contribution in [0, 0.1) is 10.1 Å². The van der Waals surface area contributed by atoms with Gasteiger partial charge in [-0.05, 0) is 17.7 Å². The van der Waals surface area contributed by atoms with Gasteiger partial charge in [0.25, 0.3) is 17.6 Å². The number of nitro benzene ring substituents is 1. The van der Waals surface area contributed by atoms with Crippen LogP contribution in [0.1, 0.15) is 18.6 Å². The third kappa shape index (κ3) is 8.06. The first kappa shape index (κ1) is 22.1. The molecule has 0 aliphatic carbocycles. The molecular weight excluding hydrogens is 367 g/mol. The van der Waals surface area contributed by atoms with Crippen LogP contribution in [-0.4, -0.2) is 49.6 Å². The Kier molecular flexibility index (Phi) is 9.89. The maximum atomic E-state index is 11.3. The summed E-state index contributed by atoms with van der Waals surface area (Å²) in [6, 6.07) is 4.05. The first-order valence-corrected chi connectivity index (χ1v) is 7.28. The number of carbonyl (C=O) groups excluding carboxylic acids is 1. The minimum absolute atomic E-state index is 0.132. The molecule has 11 heteroatoms. The van der Waals surface area contributed by atoms with E-state index in [1.165, 1.54) is 24.3 Å². The first-order chi connectivity index (χ1) is 11.1. The number of alkyl halides is 2. The number of halogens is 2. The summed E-state index contributed by atoms with van der Waals surface area (Å²) in [6.45, 7) is 0.532. The molecule has 0 bridgehead atoms. The van der Waals surface area contributed by atoms with Crippen molar-refractivity contribution in [3.63, 3.8) is 0 Å². The molecule has 0 fully saturated rings. The van der Waals surface area contributed by atoms with Crippen molar-refractivity contribution in [1.82, 2.24) is 5.32 Å². The van der Waals surface area contributed by atoms with Gasteiger partial charge in [0.15, 0.2) is 4.84 Å². The summed E-state index contributed by atoms with van der Waals surface area (Å²) in [5.74, 6) is -1.59. The summed E-state index contributed by atoms with van der Waals surface area (Å²) in [4.78, 5) is 28.9. The van der Waals surface area contributed by atoms with E-state index >= 15 is 0 Å². The van der Waals surface area contributed by atoms with Crippen LogP contribution in [0.2, 0.25) is 0 Å². The van der Waals surface area contributed by atoms with Gasteiger partial charge in [0.2, 0.25) is 0 Å². The average molecular weight is 383 g/mol. The fourth-order valence-corrected chi connectivity index (χ4v) is 1.62. The lowest BCUT2D eigenvalue weighted by Gasteiger charge is -2.22. The number of aliphatic hydroxyl groups excluding tert-OH is 2. The van der Waals surface area contributed by atoms with Crippen molar-refractivity contribution in [3.8, 4) is 0 Å². The van der Waals surface area contributed by atoms with E-state index in [9.17, 15) is 20.0 Å². The van der Waals surface area contributed by atoms with E-state index in [2.05, 4.69) is 5.32 Å². The number of rotatable bonds is 6. The minimum Gasteiger partial charge on any atom is -0.481 e. The highest BCUT2D eigenvalue weighted by Crippen LogP contribution is 2.20. The zero-order valence-corrected chi connectivity index (χ0v) is 13.9. The monoisotopic (exact) mass is 382 g/mol. The molecule has 0 saturated heterocycles. The van der Waals surface area contributed by atoms with E-state index in [1.54, 1.807) is 0 Å². The van der Waals surface area contributed by atoms with Crippen molar-refractivity contribution in [1.29, 1.82) is 0 Å². The smallest absolute Gasteiger partial charge is 0.300 e. The highest BCUT2D eigenvalue weighted by Gasteiger charge is 2.24. The number of amides is 1. The molecule has 2 atom stereocenters. The Labute approximate surface area is 147 Å². The van der Waals surface area contributed by atoms with Crippen LogP contribution in [0.25, 0.3) is 0 Å². The molecular formula is C13H16Cl2N2O7. The van der Waals surface area contributed by atoms with E-state index in [-0.39, 0.29) is 5.69 Å². The molecule has 0 aliphatic rings. The predicted octanol–water partition coefficient (Wildman–Crippen LogP) is 1.000. The SMILES string of the molecule is CC(=O)O.O=C(N[C@H](CO)[C@H](O)c1ccc([N+](=O)[O-])cc1)C(Cl)Cl. The molecule has 0 saturated carbocycles. The van der Waals surface area contributed by atoms with E-state index < -0.39 is 40.4 Å². The number of carboxylic acids is 1. The van der Waals surface area contributed by atoms with Gasteiger partial charge in [-0.15, -0.1) is 0 Å². The third-order valence-electron chi connectivity index (χ3n) is 2.55. The number of carboxylic acid groups (broad SMARTS) is 1. The van der Waals surface area contributed by atoms with Crippen LogP contribution in [0.5, 0.6) is 0 Å². The predicted molar refractivity (Wildman–Crippen MR) is 85.9 cm³/mol. The molecule has 4 N–H and O–H groups in total. The van der Waals surface area contributed by atoms with Crippen LogP contribution in [0.15, 0.2) is 24.3 Å².